The Labute approximate surface area is 329 Å². The minimum absolute atomic E-state index is 0.0146. The van der Waals surface area contributed by atoms with Gasteiger partial charge in [-0.1, -0.05) is 107 Å². The summed E-state index contributed by atoms with van der Waals surface area (Å²) in [5.74, 6) is -0.862. The maximum absolute atomic E-state index is 14.3. The van der Waals surface area contributed by atoms with Crippen molar-refractivity contribution >= 4 is 45.9 Å². The van der Waals surface area contributed by atoms with E-state index in [1.54, 1.807) is 10.4 Å². The number of nitrogens with zero attached hydrogens (tertiary/aromatic N) is 2. The van der Waals surface area contributed by atoms with Crippen LogP contribution in [0.2, 0.25) is 0 Å². The summed E-state index contributed by atoms with van der Waals surface area (Å²) in [7, 11) is 0. The topological polar surface area (TPSA) is 150 Å². The van der Waals surface area contributed by atoms with Gasteiger partial charge in [-0.3, -0.25) is 14.4 Å². The first-order valence-corrected chi connectivity index (χ1v) is 20.2. The third kappa shape index (κ3) is 13.2. The van der Waals surface area contributed by atoms with Crippen molar-refractivity contribution in [2.75, 3.05) is 13.1 Å². The molecule has 0 spiro atoms. The first kappa shape index (κ1) is 42.9. The second-order valence-corrected chi connectivity index (χ2v) is 15.6. The van der Waals surface area contributed by atoms with Crippen molar-refractivity contribution in [3.8, 4) is 0 Å². The Morgan fingerprint density at radius 1 is 0.855 bits per heavy atom. The van der Waals surface area contributed by atoms with Crippen LogP contribution in [-0.4, -0.2) is 76.1 Å². The maximum Gasteiger partial charge on any atom is 0.408 e. The molecular weight excluding hydrogens is 715 g/mol. The van der Waals surface area contributed by atoms with Crippen LogP contribution in [0.4, 0.5) is 4.79 Å². The molecule has 3 unspecified atom stereocenters. The lowest BCUT2D eigenvalue weighted by atomic mass is 9.95. The Morgan fingerprint density at radius 3 is 2.20 bits per heavy atom. The van der Waals surface area contributed by atoms with Gasteiger partial charge in [-0.05, 0) is 54.0 Å². The lowest BCUT2D eigenvalue weighted by Crippen LogP contribution is -2.57. The number of aryl methyl sites for hydroxylation is 1. The number of hydrogen-bond donors (Lipinski definition) is 4. The second-order valence-electron chi connectivity index (χ2n) is 14.7. The second kappa shape index (κ2) is 21.3. The van der Waals surface area contributed by atoms with Crippen LogP contribution >= 0.6 is 11.3 Å². The number of rotatable bonds is 20. The number of hydrogen-bond acceptors (Lipinski definition) is 8. The largest absolute Gasteiger partial charge is 0.445 e. The zero-order valence-electron chi connectivity index (χ0n) is 32.9. The van der Waals surface area contributed by atoms with Crippen LogP contribution in [-0.2, 0) is 38.6 Å². The Balaban J connectivity index is 1.58. The summed E-state index contributed by atoms with van der Waals surface area (Å²) in [4.78, 5) is 62.0. The van der Waals surface area contributed by atoms with E-state index in [0.717, 1.165) is 38.9 Å². The lowest BCUT2D eigenvalue weighted by molar-refractivity contribution is -0.135. The number of fused-ring (bicyclic) bond motifs is 1. The molecule has 0 aliphatic carbocycles. The molecule has 0 bridgehead atoms. The number of carbonyl (C=O) groups is 4. The zero-order valence-corrected chi connectivity index (χ0v) is 33.7. The summed E-state index contributed by atoms with van der Waals surface area (Å²) in [6.07, 6.45) is -0.462. The van der Waals surface area contributed by atoms with Gasteiger partial charge in [0.05, 0.1) is 29.8 Å². The normalized spacial score (nSPS) is 14.0. The van der Waals surface area contributed by atoms with Gasteiger partial charge in [-0.25, -0.2) is 9.78 Å². The average molecular weight is 772 g/mol. The zero-order chi connectivity index (χ0) is 39.9. The van der Waals surface area contributed by atoms with E-state index in [4.69, 9.17) is 4.74 Å². The summed E-state index contributed by atoms with van der Waals surface area (Å²) >= 11 is 1.37. The molecule has 12 heteroatoms. The van der Waals surface area contributed by atoms with E-state index in [1.807, 2.05) is 100 Å². The highest BCUT2D eigenvalue weighted by molar-refractivity contribution is 7.09. The minimum Gasteiger partial charge on any atom is -0.445 e. The maximum atomic E-state index is 14.3. The first-order chi connectivity index (χ1) is 26.4. The van der Waals surface area contributed by atoms with Crippen LogP contribution in [0.25, 0.3) is 10.8 Å². The van der Waals surface area contributed by atoms with E-state index < -0.39 is 42.1 Å². The fraction of sp³-hybridized carbons (Fsp3) is 0.465. The molecule has 4 N–H and O–H groups in total. The molecule has 3 aromatic carbocycles. The summed E-state index contributed by atoms with van der Waals surface area (Å²) in [5, 5.41) is 22.0. The van der Waals surface area contributed by atoms with E-state index in [9.17, 15) is 24.3 Å². The van der Waals surface area contributed by atoms with Gasteiger partial charge in [0, 0.05) is 30.8 Å². The number of carbonyl (C=O) groups excluding carboxylic acids is 4. The van der Waals surface area contributed by atoms with Gasteiger partial charge in [0.1, 0.15) is 18.7 Å². The van der Waals surface area contributed by atoms with Gasteiger partial charge in [0.2, 0.25) is 17.7 Å². The molecule has 0 radical (unpaired) electrons. The molecule has 1 aromatic heterocycles. The van der Waals surface area contributed by atoms with Crippen molar-refractivity contribution in [2.24, 2.45) is 11.8 Å². The summed E-state index contributed by atoms with van der Waals surface area (Å²) in [6.45, 7) is 13.0. The molecule has 4 amide bonds. The summed E-state index contributed by atoms with van der Waals surface area (Å²) < 4.78 is 5.51. The Kier molecular flexibility index (Phi) is 16.6. The Hall–Kier alpha value is -4.81. The third-order valence-corrected chi connectivity index (χ3v) is 10.8. The van der Waals surface area contributed by atoms with Gasteiger partial charge in [0.15, 0.2) is 0 Å². The molecule has 0 aliphatic heterocycles. The lowest BCUT2D eigenvalue weighted by Gasteiger charge is -2.30. The van der Waals surface area contributed by atoms with Crippen LogP contribution in [0.15, 0.2) is 78.3 Å². The Morgan fingerprint density at radius 2 is 1.53 bits per heavy atom. The predicted molar refractivity (Wildman–Crippen MR) is 217 cm³/mol. The van der Waals surface area contributed by atoms with Crippen molar-refractivity contribution in [3.63, 3.8) is 0 Å². The van der Waals surface area contributed by atoms with Crippen molar-refractivity contribution in [2.45, 2.75) is 104 Å². The molecular formula is C43H57N5O6S. The van der Waals surface area contributed by atoms with Crippen LogP contribution in [0.1, 0.15) is 75.6 Å². The molecule has 55 heavy (non-hydrogen) atoms. The highest BCUT2D eigenvalue weighted by Gasteiger charge is 2.33. The number of benzene rings is 3. The molecule has 0 aliphatic rings. The van der Waals surface area contributed by atoms with Crippen molar-refractivity contribution in [1.29, 1.82) is 0 Å². The van der Waals surface area contributed by atoms with Crippen LogP contribution in [0.5, 0.6) is 0 Å². The number of aliphatic hydroxyl groups excluding tert-OH is 1. The van der Waals surface area contributed by atoms with E-state index in [1.165, 1.54) is 11.3 Å². The van der Waals surface area contributed by atoms with Gasteiger partial charge in [-0.2, -0.15) is 0 Å². The number of nitrogens with one attached hydrogen (secondary N) is 3. The van der Waals surface area contributed by atoms with Gasteiger partial charge >= 0.3 is 6.09 Å². The van der Waals surface area contributed by atoms with Crippen LogP contribution in [0.3, 0.4) is 0 Å². The smallest absolute Gasteiger partial charge is 0.408 e. The fourth-order valence-electron chi connectivity index (χ4n) is 6.46. The number of ether oxygens (including phenoxy) is 1. The highest BCUT2D eigenvalue weighted by Crippen LogP contribution is 2.21. The highest BCUT2D eigenvalue weighted by atomic mass is 32.1. The predicted octanol–water partition coefficient (Wildman–Crippen LogP) is 6.35. The van der Waals surface area contributed by atoms with Gasteiger partial charge < -0.3 is 30.7 Å². The van der Waals surface area contributed by atoms with Crippen LogP contribution < -0.4 is 16.0 Å². The Bertz CT molecular complexity index is 1840. The monoisotopic (exact) mass is 771 g/mol. The molecule has 296 valence electrons. The standard InChI is InChI=1S/C43H57N5O6S/c1-7-29(5)25-48(8-2)40(50)24-38(49)35(21-28(3)4)45-42(52)37(23-39-30(6)44-27-55-39)46-41(51)36(47-43(53)54-26-31-15-10-9-11-16-31)22-33-19-14-18-32-17-12-13-20-34(32)33/h9-20,27-29,35-38,49H,7-8,21-26H2,1-6H3,(H,45,52)(H,46,51)(H,47,53)/t29?,35?,36-,37-,38?/m0/s1. The number of aromatic nitrogens is 1. The first-order valence-electron chi connectivity index (χ1n) is 19.3. The van der Waals surface area contributed by atoms with Crippen molar-refractivity contribution in [3.05, 3.63) is 100 Å². The molecule has 4 rings (SSSR count). The quantitative estimate of drug-likeness (QED) is 0.0819. The van der Waals surface area contributed by atoms with Crippen molar-refractivity contribution in [1.82, 2.24) is 25.8 Å². The van der Waals surface area contributed by atoms with Gasteiger partial charge in [0.25, 0.3) is 0 Å². The molecule has 0 saturated heterocycles. The summed E-state index contributed by atoms with van der Waals surface area (Å²) in [6, 6.07) is 19.9. The van der Waals surface area contributed by atoms with Gasteiger partial charge in [-0.15, -0.1) is 11.3 Å². The number of alkyl carbamates (subject to hydrolysis) is 1. The molecule has 1 heterocycles. The van der Waals surface area contributed by atoms with E-state index in [2.05, 4.69) is 34.8 Å². The fourth-order valence-corrected chi connectivity index (χ4v) is 7.29. The molecule has 0 saturated carbocycles. The summed E-state index contributed by atoms with van der Waals surface area (Å²) in [5.41, 5.74) is 4.05. The molecule has 0 fully saturated rings. The average Bonchev–Trinajstić information content (AvgIpc) is 3.58. The molecule has 4 aromatic rings. The molecule has 5 atom stereocenters. The van der Waals surface area contributed by atoms with Crippen molar-refractivity contribution < 1.29 is 29.0 Å². The van der Waals surface area contributed by atoms with E-state index >= 15 is 0 Å². The number of amides is 4. The van der Waals surface area contributed by atoms with E-state index in [0.29, 0.717) is 25.4 Å². The number of aliphatic hydroxyl groups is 1. The van der Waals surface area contributed by atoms with Crippen LogP contribution in [0, 0.1) is 18.8 Å². The SMILES string of the molecule is CCC(C)CN(CC)C(=O)CC(O)C(CC(C)C)NC(=O)[C@H](Cc1scnc1C)NC(=O)[C@H](Cc1cccc2ccccc12)NC(=O)OCc1ccccc1. The number of thiazole rings is 1. The third-order valence-electron chi connectivity index (χ3n) is 9.86. The molecule has 11 nitrogen and oxygen atoms in total. The van der Waals surface area contributed by atoms with E-state index in [-0.39, 0.29) is 37.7 Å². The minimum atomic E-state index is -1.15.